The molecule has 82 heavy (non-hydrogen) atoms. The lowest BCUT2D eigenvalue weighted by molar-refractivity contribution is -0.870. The van der Waals surface area contributed by atoms with Crippen molar-refractivity contribution < 1.29 is 111 Å². The van der Waals surface area contributed by atoms with Crippen LogP contribution in [0.3, 0.4) is 0 Å². The number of hydrogen-bond donors (Lipinski definition) is 10. The Hall–Kier alpha value is -6.65. The molecule has 2 amide bonds. The molecule has 10 N–H and O–H groups in total. The van der Waals surface area contributed by atoms with E-state index >= 15 is 0 Å². The van der Waals surface area contributed by atoms with Gasteiger partial charge in [0.05, 0.1) is 65.7 Å². The molecule has 0 spiro atoms. The van der Waals surface area contributed by atoms with Crippen molar-refractivity contribution >= 4 is 37.4 Å². The van der Waals surface area contributed by atoms with Crippen LogP contribution in [0.25, 0.3) is 0 Å². The number of nitrogens with zero attached hydrogens (tertiary/aromatic N) is 1. The van der Waals surface area contributed by atoms with Gasteiger partial charge in [-0.3, -0.25) is 14.2 Å². The number of fused-ring (bicyclic) bond motifs is 3. The average molecular weight is 1170 g/mol. The van der Waals surface area contributed by atoms with Gasteiger partial charge in [-0.25, -0.2) is 9.59 Å². The molecular weight excluding hydrogens is 1100 g/mol. The van der Waals surface area contributed by atoms with Gasteiger partial charge < -0.3 is 103 Å². The van der Waals surface area contributed by atoms with E-state index in [1.54, 1.807) is 54.6 Å². The fraction of sp³-hybridized carbons (Fsp3) is 0.491. The Labute approximate surface area is 472 Å². The Morgan fingerprint density at radius 2 is 1.49 bits per heavy atom. The second kappa shape index (κ2) is 27.2. The van der Waals surface area contributed by atoms with Gasteiger partial charge in [-0.05, 0) is 66.8 Å². The van der Waals surface area contributed by atoms with E-state index in [0.717, 1.165) is 0 Å². The summed E-state index contributed by atoms with van der Waals surface area (Å²) in [6, 6.07) is 22.5. The number of likely N-dealkylation sites (N-methyl/N-ethyl adjacent to an activating group) is 1. The number of carbonyl (C=O) groups is 4. The number of methoxy groups -OCH3 is 2. The lowest BCUT2D eigenvalue weighted by atomic mass is 9.70. The quantitative estimate of drug-likeness (QED) is 0.0211. The van der Waals surface area contributed by atoms with E-state index in [4.69, 9.17) is 42.2 Å². The van der Waals surface area contributed by atoms with Gasteiger partial charge in [0.15, 0.2) is 17.3 Å². The van der Waals surface area contributed by atoms with E-state index in [2.05, 4.69) is 16.0 Å². The average Bonchev–Trinajstić information content (AvgIpc) is 1.53. The molecule has 2 heterocycles. The number of aliphatic hydroxyl groups is 5. The number of amides is 2. The summed E-state index contributed by atoms with van der Waals surface area (Å²) in [7, 11) is 4.02. The predicted molar refractivity (Wildman–Crippen MR) is 286 cm³/mol. The van der Waals surface area contributed by atoms with Gasteiger partial charge in [0.1, 0.15) is 72.9 Å². The van der Waals surface area contributed by atoms with Crippen LogP contribution in [-0.4, -0.2) is 182 Å². The number of ether oxygens (including phenoxy) is 7. The minimum atomic E-state index is -4.49. The highest BCUT2D eigenvalue weighted by Crippen LogP contribution is 2.70. The van der Waals surface area contributed by atoms with Crippen molar-refractivity contribution in [3.05, 3.63) is 107 Å². The fourth-order valence-corrected chi connectivity index (χ4v) is 10.8. The van der Waals surface area contributed by atoms with Crippen molar-refractivity contribution in [3.63, 3.8) is 0 Å². The largest absolute Gasteiger partial charge is 0.756 e. The van der Waals surface area contributed by atoms with E-state index in [1.807, 2.05) is 21.1 Å². The summed E-state index contributed by atoms with van der Waals surface area (Å²) in [4.78, 5) is 62.9. The van der Waals surface area contributed by atoms with Crippen LogP contribution in [0.4, 0.5) is 10.5 Å². The molecule has 1 saturated heterocycles. The van der Waals surface area contributed by atoms with Crippen molar-refractivity contribution in [3.8, 4) is 28.7 Å². The van der Waals surface area contributed by atoms with E-state index in [0.29, 0.717) is 46.3 Å². The van der Waals surface area contributed by atoms with Crippen LogP contribution in [0.15, 0.2) is 84.9 Å². The molecule has 7 rings (SSSR count). The molecule has 0 aromatic heterocycles. The number of carbonyl (C=O) groups excluding carboxylic acids is 2. The number of alkyl carbamates (subject to hydrolysis) is 1. The van der Waals surface area contributed by atoms with Crippen LogP contribution in [0, 0.1) is 5.92 Å². The zero-order valence-corrected chi connectivity index (χ0v) is 46.7. The summed E-state index contributed by atoms with van der Waals surface area (Å²) < 4.78 is 62.9. The standard InChI is InChI=1S/C55H71N4O22P/c1-59(2,3)24-27-78-82(71,72)77-26-11-21-56-23-20-41(60)58-37-28-32(14-19-38(37)79-52-47(63)45(61)46(62)48(80-52)51(67)68)31-76-53(69)57-22-9-10-25-75-36-29-39(74-5)44-40(30-36)81-55(34-15-17-35(73-4)18-16-34)43(33-12-7-6-8-13-33)42(50(65)66)49(64)54(44,55)70/h6-8,12-19,28-30,42-43,45-49,52,56,61-64,70H,9-11,20-27,31H2,1-5H3,(H4-,57,58,60,65,66,67,68,69,71,72)/t42-,43-,45+,46+,47-,48+,49-,52-,54+,55+/m1/s1. The molecule has 11 atom stereocenters. The number of nitrogens with one attached hydrogen (secondary N) is 3. The summed E-state index contributed by atoms with van der Waals surface area (Å²) in [6.07, 6.45) is -11.3. The first-order valence-corrected chi connectivity index (χ1v) is 27.8. The molecule has 27 heteroatoms. The van der Waals surface area contributed by atoms with Crippen LogP contribution in [0.5, 0.6) is 28.7 Å². The third-order valence-electron chi connectivity index (χ3n) is 14.1. The molecule has 4 aromatic carbocycles. The predicted octanol–water partition coefficient (Wildman–Crippen LogP) is 1.91. The highest BCUT2D eigenvalue weighted by molar-refractivity contribution is 7.45. The molecule has 4 aromatic rings. The van der Waals surface area contributed by atoms with Gasteiger partial charge >= 0.3 is 18.0 Å². The van der Waals surface area contributed by atoms with Crippen LogP contribution in [-0.2, 0) is 55.3 Å². The van der Waals surface area contributed by atoms with Crippen molar-refractivity contribution in [2.24, 2.45) is 5.92 Å². The van der Waals surface area contributed by atoms with Crippen LogP contribution < -0.4 is 44.5 Å². The normalized spacial score (nSPS) is 25.4. The lowest BCUT2D eigenvalue weighted by Gasteiger charge is -2.40. The maximum absolute atomic E-state index is 13.2. The first-order valence-electron chi connectivity index (χ1n) is 26.4. The van der Waals surface area contributed by atoms with Crippen molar-refractivity contribution in [1.82, 2.24) is 10.6 Å². The van der Waals surface area contributed by atoms with Crippen molar-refractivity contribution in [2.75, 3.05) is 86.7 Å². The molecule has 448 valence electrons. The Morgan fingerprint density at radius 3 is 2.16 bits per heavy atom. The summed E-state index contributed by atoms with van der Waals surface area (Å²) in [5, 5.41) is 84.6. The van der Waals surface area contributed by atoms with Gasteiger partial charge in [-0.15, -0.1) is 0 Å². The van der Waals surface area contributed by atoms with Crippen molar-refractivity contribution in [2.45, 2.75) is 86.2 Å². The maximum atomic E-state index is 13.2. The lowest BCUT2D eigenvalue weighted by Crippen LogP contribution is -2.61. The number of aliphatic carboxylic acids is 2. The zero-order chi connectivity index (χ0) is 59.6. The first-order chi connectivity index (χ1) is 38.9. The highest BCUT2D eigenvalue weighted by atomic mass is 31.2. The molecule has 26 nitrogen and oxygen atoms in total. The smallest absolute Gasteiger partial charge is 0.407 e. The minimum Gasteiger partial charge on any atom is -0.756 e. The minimum absolute atomic E-state index is 0.0246. The fourth-order valence-electron chi connectivity index (χ4n) is 10.1. The molecule has 2 fully saturated rings. The SMILES string of the molecule is COc1ccc([C@@]23Oc4cc(OCCCCNC(=O)OCc5ccc(O[C@@H]6O[C@H](C(=O)O)[C@@H](O)[C@H](O)[C@H]6O)c(NC(=O)CCNCCCOP(=O)([O-])OCC[N+](C)(C)C)c5)cc(OC)c4[C@]2(O)[C@H](O)[C@H](C(=O)O)[C@H]3c2ccccc2)cc1. The monoisotopic (exact) mass is 1170 g/mol. The molecule has 3 aliphatic rings. The van der Waals surface area contributed by atoms with Gasteiger partial charge in [0.25, 0.3) is 7.82 Å². The third kappa shape index (κ3) is 14.4. The number of benzene rings is 4. The number of phosphoric acid groups is 1. The Morgan fingerprint density at radius 1 is 0.768 bits per heavy atom. The molecule has 1 aliphatic carbocycles. The van der Waals surface area contributed by atoms with Gasteiger partial charge in [0.2, 0.25) is 12.2 Å². The summed E-state index contributed by atoms with van der Waals surface area (Å²) >= 11 is 0. The first kappa shape index (κ1) is 62.9. The Bertz CT molecular complexity index is 2900. The van der Waals surface area contributed by atoms with Crippen molar-refractivity contribution in [1.29, 1.82) is 0 Å². The molecular formula is C55H71N4O22P. The number of aliphatic hydroxyl groups excluding tert-OH is 4. The highest BCUT2D eigenvalue weighted by Gasteiger charge is 2.78. The number of unbranched alkanes of at least 4 members (excludes halogenated alkanes) is 1. The van der Waals surface area contributed by atoms with Gasteiger partial charge in [-0.1, -0.05) is 48.5 Å². The van der Waals surface area contributed by atoms with Crippen LogP contribution in [0.1, 0.15) is 53.9 Å². The number of hydrogen-bond acceptors (Lipinski definition) is 21. The number of carboxylic acids is 2. The molecule has 1 saturated carbocycles. The third-order valence-corrected chi connectivity index (χ3v) is 15.1. The summed E-state index contributed by atoms with van der Waals surface area (Å²) in [6.45, 7) is 0.643. The van der Waals surface area contributed by atoms with E-state index < -0.39 is 91.6 Å². The molecule has 0 bridgehead atoms. The molecule has 2 aliphatic heterocycles. The van der Waals surface area contributed by atoms with E-state index in [1.165, 1.54) is 44.6 Å². The van der Waals surface area contributed by atoms with E-state index in [-0.39, 0.29) is 93.2 Å². The summed E-state index contributed by atoms with van der Waals surface area (Å²) in [5.41, 5.74) is -2.99. The number of anilines is 1. The topological polar surface area (TPSA) is 369 Å². The Kier molecular flexibility index (Phi) is 20.9. The van der Waals surface area contributed by atoms with Crippen LogP contribution >= 0.6 is 7.82 Å². The second-order valence-corrected chi connectivity index (χ2v) is 22.2. The Balaban J connectivity index is 0.937. The van der Waals surface area contributed by atoms with E-state index in [9.17, 15) is 64.4 Å². The second-order valence-electron chi connectivity index (χ2n) is 20.8. The summed E-state index contributed by atoms with van der Waals surface area (Å²) in [5.74, 6) is -5.37. The number of rotatable bonds is 29. The number of quaternary nitrogens is 1. The zero-order valence-electron chi connectivity index (χ0n) is 45.8. The van der Waals surface area contributed by atoms with Gasteiger partial charge in [-0.2, -0.15) is 0 Å². The molecule has 1 unspecified atom stereocenters. The van der Waals surface area contributed by atoms with Crippen LogP contribution in [0.2, 0.25) is 0 Å². The van der Waals surface area contributed by atoms with Gasteiger partial charge in [0, 0.05) is 37.6 Å². The maximum Gasteiger partial charge on any atom is 0.407 e. The number of carboxylic acid groups (broad SMARTS) is 2. The molecule has 0 radical (unpaired) electrons. The number of phosphoric ester groups is 1.